The molecule has 0 aliphatic carbocycles. The van der Waals surface area contributed by atoms with Crippen LogP contribution in [0.25, 0.3) is 0 Å². The van der Waals surface area contributed by atoms with E-state index in [2.05, 4.69) is 135 Å². The molecule has 0 aromatic rings. The molecule has 0 amide bonds. The second kappa shape index (κ2) is 41.6. The number of unbranched alkanes of at least 4 members (excludes halogenated alkanes) is 5. The number of allylic oxidation sites excluding steroid dienone is 20. The predicted molar refractivity (Wildman–Crippen MR) is 251 cm³/mol. The van der Waals surface area contributed by atoms with Gasteiger partial charge in [-0.1, -0.05) is 148 Å². The molecule has 0 spiro atoms. The van der Waals surface area contributed by atoms with Crippen LogP contribution in [0.5, 0.6) is 0 Å². The standard InChI is InChI=1S/C50H82NO7P/c1-6-8-10-12-14-16-18-20-22-24-25-26-28-30-32-34-36-38-40-42-45-55-47-49(48-57-59(53,54)56-46-44-51(3,4)5)58-50(52)43-41-39-37-35-33-31-29-27-23-21-19-17-15-13-11-9-7-2/h8-11,14-17,20-23,25-26,29-32,36,38,49H,6-7,12-13,18-19,24,27-28,33-35,37,39-48H2,1-5H3/p+1/b10-8-,11-9-,16-14-,17-15-,22-20-,23-21-,26-25-,31-29-,32-30-,38-36-. The van der Waals surface area contributed by atoms with Crippen LogP contribution in [-0.2, 0) is 27.9 Å². The highest BCUT2D eigenvalue weighted by Crippen LogP contribution is 2.43. The number of quaternary nitrogens is 1. The average molecular weight is 841 g/mol. The van der Waals surface area contributed by atoms with Crippen LogP contribution < -0.4 is 0 Å². The fourth-order valence-electron chi connectivity index (χ4n) is 5.15. The maximum atomic E-state index is 12.7. The van der Waals surface area contributed by atoms with Gasteiger partial charge in [0.2, 0.25) is 0 Å². The Morgan fingerprint density at radius 3 is 1.37 bits per heavy atom. The third-order valence-corrected chi connectivity index (χ3v) is 9.50. The fourth-order valence-corrected chi connectivity index (χ4v) is 5.89. The maximum absolute atomic E-state index is 12.7. The third-order valence-electron chi connectivity index (χ3n) is 8.52. The van der Waals surface area contributed by atoms with Crippen molar-refractivity contribution in [3.63, 3.8) is 0 Å². The van der Waals surface area contributed by atoms with Crippen molar-refractivity contribution in [1.29, 1.82) is 0 Å². The van der Waals surface area contributed by atoms with Gasteiger partial charge < -0.3 is 18.9 Å². The molecular formula is C50H83NO7P+. The second-order valence-electron chi connectivity index (χ2n) is 15.3. The van der Waals surface area contributed by atoms with Gasteiger partial charge >= 0.3 is 13.8 Å². The summed E-state index contributed by atoms with van der Waals surface area (Å²) in [6.45, 7) is 5.15. The molecule has 0 aromatic heterocycles. The molecule has 59 heavy (non-hydrogen) atoms. The molecule has 0 heterocycles. The normalized spacial score (nSPS) is 14.9. The molecule has 1 N–H and O–H groups in total. The SMILES string of the molecule is CC/C=C\C/C=C\C/C=C\C/C=C\C/C=C\C/C=C\CCCOCC(COP(=O)(O)OCC[N+](C)(C)C)OC(=O)CCCCCC/C=C\C/C=C\C/C=C\C/C=C\CC. The first-order valence-electron chi connectivity index (χ1n) is 22.3. The van der Waals surface area contributed by atoms with E-state index < -0.39 is 13.9 Å². The number of hydrogen-bond donors (Lipinski definition) is 1. The molecule has 0 saturated heterocycles. The summed E-state index contributed by atoms with van der Waals surface area (Å²) in [5.74, 6) is -0.363. The van der Waals surface area contributed by atoms with Gasteiger partial charge in [0.1, 0.15) is 19.3 Å². The van der Waals surface area contributed by atoms with Crippen LogP contribution in [0.3, 0.4) is 0 Å². The van der Waals surface area contributed by atoms with Gasteiger partial charge in [-0.3, -0.25) is 13.8 Å². The molecule has 334 valence electrons. The van der Waals surface area contributed by atoms with E-state index in [9.17, 15) is 14.3 Å². The second-order valence-corrected chi connectivity index (χ2v) is 16.8. The number of hydrogen-bond acceptors (Lipinski definition) is 6. The van der Waals surface area contributed by atoms with E-state index in [1.54, 1.807) is 0 Å². The van der Waals surface area contributed by atoms with Gasteiger partial charge in [-0.05, 0) is 96.3 Å². The Labute approximate surface area is 361 Å². The molecule has 0 saturated carbocycles. The van der Waals surface area contributed by atoms with Gasteiger partial charge in [0.05, 0.1) is 34.4 Å². The van der Waals surface area contributed by atoms with Crippen molar-refractivity contribution in [2.24, 2.45) is 0 Å². The molecule has 0 bridgehead atoms. The lowest BCUT2D eigenvalue weighted by molar-refractivity contribution is -0.870. The number of phosphoric acid groups is 1. The van der Waals surface area contributed by atoms with Crippen molar-refractivity contribution in [3.05, 3.63) is 122 Å². The van der Waals surface area contributed by atoms with E-state index in [0.29, 0.717) is 17.6 Å². The summed E-state index contributed by atoms with van der Waals surface area (Å²) < 4.78 is 34.9. The minimum atomic E-state index is -4.31. The van der Waals surface area contributed by atoms with Gasteiger partial charge in [-0.15, -0.1) is 0 Å². The number of ether oxygens (including phenoxy) is 2. The van der Waals surface area contributed by atoms with Gasteiger partial charge in [-0.25, -0.2) is 4.57 Å². The summed E-state index contributed by atoms with van der Waals surface area (Å²) in [5.41, 5.74) is 0. The number of rotatable bonds is 39. The molecule has 8 nitrogen and oxygen atoms in total. The maximum Gasteiger partial charge on any atom is 0.472 e. The summed E-state index contributed by atoms with van der Waals surface area (Å²) in [5, 5.41) is 0. The topological polar surface area (TPSA) is 91.3 Å². The minimum Gasteiger partial charge on any atom is -0.457 e. The van der Waals surface area contributed by atoms with E-state index >= 15 is 0 Å². The Balaban J connectivity index is 4.42. The van der Waals surface area contributed by atoms with E-state index in [-0.39, 0.29) is 32.2 Å². The zero-order valence-corrected chi connectivity index (χ0v) is 38.6. The largest absolute Gasteiger partial charge is 0.472 e. The lowest BCUT2D eigenvalue weighted by Gasteiger charge is -2.24. The van der Waals surface area contributed by atoms with E-state index in [4.69, 9.17) is 18.5 Å². The van der Waals surface area contributed by atoms with Gasteiger partial charge in [0.15, 0.2) is 0 Å². The Kier molecular flexibility index (Phi) is 39.4. The van der Waals surface area contributed by atoms with E-state index in [1.165, 1.54) is 0 Å². The number of esters is 1. The van der Waals surface area contributed by atoms with Crippen molar-refractivity contribution >= 4 is 13.8 Å². The summed E-state index contributed by atoms with van der Waals surface area (Å²) in [6.07, 6.45) is 59.6. The Morgan fingerprint density at radius 2 is 0.932 bits per heavy atom. The quantitative estimate of drug-likeness (QED) is 0.0217. The third kappa shape index (κ3) is 45.8. The molecule has 2 unspecified atom stereocenters. The van der Waals surface area contributed by atoms with Gasteiger partial charge in [0.25, 0.3) is 0 Å². The fraction of sp³-hybridized carbons (Fsp3) is 0.580. The van der Waals surface area contributed by atoms with E-state index in [0.717, 1.165) is 109 Å². The van der Waals surface area contributed by atoms with E-state index in [1.807, 2.05) is 21.1 Å². The van der Waals surface area contributed by atoms with Crippen LogP contribution in [0.15, 0.2) is 122 Å². The smallest absolute Gasteiger partial charge is 0.457 e. The highest BCUT2D eigenvalue weighted by atomic mass is 31.2. The number of likely N-dealkylation sites (N-methyl/N-ethyl adjacent to an activating group) is 1. The number of carbonyl (C=O) groups excluding carboxylic acids is 1. The van der Waals surface area contributed by atoms with Crippen molar-refractivity contribution < 1.29 is 37.3 Å². The summed E-state index contributed by atoms with van der Waals surface area (Å²) >= 11 is 0. The van der Waals surface area contributed by atoms with Crippen molar-refractivity contribution in [1.82, 2.24) is 0 Å². The van der Waals surface area contributed by atoms with Crippen LogP contribution in [-0.4, -0.2) is 75.6 Å². The number of phosphoric ester groups is 1. The summed E-state index contributed by atoms with van der Waals surface area (Å²) in [7, 11) is 1.59. The molecule has 0 rings (SSSR count). The van der Waals surface area contributed by atoms with Crippen molar-refractivity contribution in [2.75, 3.05) is 54.1 Å². The number of carbonyl (C=O) groups is 1. The van der Waals surface area contributed by atoms with Crippen LogP contribution in [0.2, 0.25) is 0 Å². The lowest BCUT2D eigenvalue weighted by Crippen LogP contribution is -2.37. The van der Waals surface area contributed by atoms with Crippen LogP contribution in [0, 0.1) is 0 Å². The molecule has 0 aliphatic heterocycles. The minimum absolute atomic E-state index is 0.0646. The number of nitrogens with zero attached hydrogens (tertiary/aromatic N) is 1. The first-order chi connectivity index (χ1) is 28.6. The molecule has 9 heteroatoms. The molecule has 0 radical (unpaired) electrons. The van der Waals surface area contributed by atoms with Crippen LogP contribution in [0.1, 0.15) is 129 Å². The Morgan fingerprint density at radius 1 is 0.525 bits per heavy atom. The highest BCUT2D eigenvalue weighted by molar-refractivity contribution is 7.47. The lowest BCUT2D eigenvalue weighted by atomic mass is 10.1. The molecule has 2 atom stereocenters. The van der Waals surface area contributed by atoms with Crippen molar-refractivity contribution in [2.45, 2.75) is 136 Å². The van der Waals surface area contributed by atoms with Gasteiger partial charge in [-0.2, -0.15) is 0 Å². The highest BCUT2D eigenvalue weighted by Gasteiger charge is 2.26. The predicted octanol–water partition coefficient (Wildman–Crippen LogP) is 13.4. The Bertz CT molecular complexity index is 1350. The first-order valence-corrected chi connectivity index (χ1v) is 23.8. The molecule has 0 aliphatic rings. The van der Waals surface area contributed by atoms with Crippen LogP contribution in [0.4, 0.5) is 0 Å². The average Bonchev–Trinajstić information content (AvgIpc) is 3.19. The first kappa shape index (κ1) is 55.9. The summed E-state index contributed by atoms with van der Waals surface area (Å²) in [4.78, 5) is 22.9. The zero-order valence-electron chi connectivity index (χ0n) is 37.7. The summed E-state index contributed by atoms with van der Waals surface area (Å²) in [6, 6.07) is 0. The molecular weight excluding hydrogens is 758 g/mol. The van der Waals surface area contributed by atoms with Gasteiger partial charge in [0, 0.05) is 13.0 Å². The van der Waals surface area contributed by atoms with Crippen LogP contribution >= 0.6 is 7.82 Å². The molecule has 0 fully saturated rings. The Hall–Kier alpha value is -3.10. The zero-order chi connectivity index (χ0) is 43.4. The monoisotopic (exact) mass is 841 g/mol. The molecule has 0 aromatic carbocycles. The van der Waals surface area contributed by atoms with Crippen molar-refractivity contribution in [3.8, 4) is 0 Å².